The Labute approximate surface area is 244 Å². The zero-order valence-corrected chi connectivity index (χ0v) is 24.8. The van der Waals surface area contributed by atoms with E-state index in [9.17, 15) is 14.4 Å². The van der Waals surface area contributed by atoms with Crippen LogP contribution in [0.25, 0.3) is 5.69 Å². The number of benzene rings is 1. The average Bonchev–Trinajstić information content (AvgIpc) is 3.72. The Balaban J connectivity index is 1.36. The molecule has 12 heteroatoms. The Hall–Kier alpha value is -3.48. The van der Waals surface area contributed by atoms with Crippen molar-refractivity contribution in [1.29, 1.82) is 0 Å². The number of hydrogen-bond donors (Lipinski definition) is 2. The van der Waals surface area contributed by atoms with Crippen molar-refractivity contribution in [1.82, 2.24) is 20.1 Å². The summed E-state index contributed by atoms with van der Waals surface area (Å²) in [5.74, 6) is -0.284. The minimum absolute atomic E-state index is 0.169. The van der Waals surface area contributed by atoms with Crippen LogP contribution in [0.4, 0.5) is 5.00 Å². The van der Waals surface area contributed by atoms with Crippen molar-refractivity contribution < 1.29 is 19.1 Å². The van der Waals surface area contributed by atoms with Gasteiger partial charge in [-0.15, -0.1) is 32.9 Å². The van der Waals surface area contributed by atoms with E-state index in [4.69, 9.17) is 4.74 Å². The van der Waals surface area contributed by atoms with Crippen LogP contribution in [0.3, 0.4) is 0 Å². The zero-order valence-electron chi connectivity index (χ0n) is 22.4. The number of ether oxygens (including phenoxy) is 1. The number of fused-ring (bicyclic) bond motifs is 1. The number of nitrogens with one attached hydrogen (secondary N) is 2. The van der Waals surface area contributed by atoms with Crippen LogP contribution in [0.15, 0.2) is 46.9 Å². The maximum atomic E-state index is 13.3. The Morgan fingerprint density at radius 2 is 2.02 bits per heavy atom. The molecule has 0 saturated carbocycles. The fourth-order valence-electron chi connectivity index (χ4n) is 4.51. The van der Waals surface area contributed by atoms with Gasteiger partial charge >= 0.3 is 5.97 Å². The van der Waals surface area contributed by atoms with Crippen LogP contribution in [-0.2, 0) is 28.9 Å². The van der Waals surface area contributed by atoms with E-state index in [2.05, 4.69) is 20.8 Å². The van der Waals surface area contributed by atoms with Gasteiger partial charge in [0.05, 0.1) is 28.8 Å². The van der Waals surface area contributed by atoms with E-state index in [1.54, 1.807) is 19.9 Å². The van der Waals surface area contributed by atoms with Crippen LogP contribution in [0, 0.1) is 6.92 Å². The minimum atomic E-state index is -0.548. The molecule has 0 aliphatic heterocycles. The summed E-state index contributed by atoms with van der Waals surface area (Å²) >= 11 is 4.08. The molecule has 0 radical (unpaired) electrons. The highest BCUT2D eigenvalue weighted by Crippen LogP contribution is 2.40. The summed E-state index contributed by atoms with van der Waals surface area (Å²) in [4.78, 5) is 40.4. The lowest BCUT2D eigenvalue weighted by Gasteiger charge is -2.15. The molecule has 1 atom stereocenters. The first-order chi connectivity index (χ1) is 19.4. The minimum Gasteiger partial charge on any atom is -0.462 e. The molecule has 0 spiro atoms. The summed E-state index contributed by atoms with van der Waals surface area (Å²) < 4.78 is 7.15. The predicted octanol–water partition coefficient (Wildman–Crippen LogP) is 5.41. The van der Waals surface area contributed by atoms with Crippen LogP contribution in [0.5, 0.6) is 0 Å². The molecular weight excluding hydrogens is 567 g/mol. The number of carbonyl (C=O) groups excluding carboxylic acids is 3. The van der Waals surface area contributed by atoms with Crippen molar-refractivity contribution >= 4 is 57.2 Å². The predicted molar refractivity (Wildman–Crippen MR) is 158 cm³/mol. The highest BCUT2D eigenvalue weighted by Gasteiger charge is 2.30. The number of anilines is 1. The van der Waals surface area contributed by atoms with E-state index in [1.165, 1.54) is 34.4 Å². The Kier molecular flexibility index (Phi) is 8.67. The summed E-state index contributed by atoms with van der Waals surface area (Å²) in [7, 11) is 0. The van der Waals surface area contributed by atoms with Gasteiger partial charge in [-0.2, -0.15) is 0 Å². The van der Waals surface area contributed by atoms with Gasteiger partial charge in [0.15, 0.2) is 11.0 Å². The number of carbonyl (C=O) groups is 3. The number of hydrogen-bond acceptors (Lipinski definition) is 9. The van der Waals surface area contributed by atoms with E-state index in [1.807, 2.05) is 47.2 Å². The second-order valence-electron chi connectivity index (χ2n) is 9.26. The molecule has 2 N–H and O–H groups in total. The van der Waals surface area contributed by atoms with Crippen LogP contribution in [0.1, 0.15) is 62.1 Å². The van der Waals surface area contributed by atoms with Gasteiger partial charge in [-0.3, -0.25) is 14.2 Å². The molecule has 3 heterocycles. The molecule has 5 rings (SSSR count). The molecule has 1 aromatic carbocycles. The van der Waals surface area contributed by atoms with E-state index < -0.39 is 11.2 Å². The molecule has 0 bridgehead atoms. The average molecular weight is 596 g/mol. The van der Waals surface area contributed by atoms with Gasteiger partial charge in [0.2, 0.25) is 5.91 Å². The summed E-state index contributed by atoms with van der Waals surface area (Å²) in [5.41, 5.74) is 3.36. The largest absolute Gasteiger partial charge is 0.462 e. The first-order valence-electron chi connectivity index (χ1n) is 13.0. The lowest BCUT2D eigenvalue weighted by Crippen LogP contribution is -2.25. The third-order valence-electron chi connectivity index (χ3n) is 6.40. The first-order valence-corrected chi connectivity index (χ1v) is 15.6. The number of thiophene rings is 2. The SMILES string of the molecule is CCOC(=O)c1c(NC(=O)[C@H](C)Sc2nnc(CNC(=O)c3cccs3)n2-c2cccc(C)c2)sc2c1CCC2. The molecule has 9 nitrogen and oxygen atoms in total. The molecule has 1 aliphatic carbocycles. The molecule has 3 aromatic heterocycles. The number of rotatable bonds is 10. The smallest absolute Gasteiger partial charge is 0.341 e. The Bertz CT molecular complexity index is 1540. The van der Waals surface area contributed by atoms with Crippen LogP contribution in [0.2, 0.25) is 0 Å². The van der Waals surface area contributed by atoms with Crippen LogP contribution < -0.4 is 10.6 Å². The summed E-state index contributed by atoms with van der Waals surface area (Å²) in [5, 5.41) is 17.0. The number of aryl methyl sites for hydroxylation is 2. The molecule has 0 unspecified atom stereocenters. The third-order valence-corrected chi connectivity index (χ3v) is 9.52. The highest BCUT2D eigenvalue weighted by atomic mass is 32.2. The number of aromatic nitrogens is 3. The van der Waals surface area contributed by atoms with Gasteiger partial charge in [0.25, 0.3) is 5.91 Å². The van der Waals surface area contributed by atoms with Crippen molar-refractivity contribution in [3.8, 4) is 5.69 Å². The molecule has 208 valence electrons. The second kappa shape index (κ2) is 12.4. The van der Waals surface area contributed by atoms with Crippen molar-refractivity contribution in [3.63, 3.8) is 0 Å². The van der Waals surface area contributed by atoms with Gasteiger partial charge in [-0.05, 0) is 74.7 Å². The second-order valence-corrected chi connectivity index (χ2v) is 12.6. The monoisotopic (exact) mass is 595 g/mol. The van der Waals surface area contributed by atoms with Crippen LogP contribution in [-0.4, -0.2) is 44.4 Å². The van der Waals surface area contributed by atoms with Gasteiger partial charge in [-0.25, -0.2) is 4.79 Å². The number of nitrogens with zero attached hydrogens (tertiary/aromatic N) is 3. The van der Waals surface area contributed by atoms with Gasteiger partial charge in [0, 0.05) is 10.6 Å². The number of thioether (sulfide) groups is 1. The van der Waals surface area contributed by atoms with Gasteiger partial charge in [-0.1, -0.05) is 30.0 Å². The molecule has 0 saturated heterocycles. The topological polar surface area (TPSA) is 115 Å². The van der Waals surface area contributed by atoms with Crippen molar-refractivity contribution in [2.24, 2.45) is 0 Å². The summed E-state index contributed by atoms with van der Waals surface area (Å²) in [6.45, 7) is 6.00. The molecular formula is C28H29N5O4S3. The highest BCUT2D eigenvalue weighted by molar-refractivity contribution is 8.00. The number of esters is 1. The molecule has 0 fully saturated rings. The maximum Gasteiger partial charge on any atom is 0.341 e. The van der Waals surface area contributed by atoms with Crippen molar-refractivity contribution in [3.05, 3.63) is 74.0 Å². The summed E-state index contributed by atoms with van der Waals surface area (Å²) in [6, 6.07) is 11.5. The fraction of sp³-hybridized carbons (Fsp3) is 0.321. The zero-order chi connectivity index (χ0) is 28.2. The molecule has 2 amide bonds. The Morgan fingerprint density at radius 3 is 2.77 bits per heavy atom. The lowest BCUT2D eigenvalue weighted by atomic mass is 10.1. The van der Waals surface area contributed by atoms with Crippen molar-refractivity contribution in [2.75, 3.05) is 11.9 Å². The van der Waals surface area contributed by atoms with Crippen molar-refractivity contribution in [2.45, 2.75) is 57.0 Å². The normalized spacial score (nSPS) is 13.1. The van der Waals surface area contributed by atoms with E-state index in [0.717, 1.165) is 41.0 Å². The molecule has 4 aromatic rings. The third kappa shape index (κ3) is 5.98. The maximum absolute atomic E-state index is 13.3. The standard InChI is InChI=1S/C28H29N5O4S3/c1-4-37-27(36)23-19-10-6-11-20(19)40-26(23)30-24(34)17(3)39-28-32-31-22(15-29-25(35)21-12-7-13-38-21)33(28)18-9-5-8-16(2)14-18/h5,7-9,12-14,17H,4,6,10-11,15H2,1-3H3,(H,29,35)(H,30,34)/t17-/m0/s1. The van der Waals surface area contributed by atoms with E-state index in [-0.39, 0.29) is 25.0 Å². The van der Waals surface area contributed by atoms with Gasteiger partial charge in [0.1, 0.15) is 5.00 Å². The van der Waals surface area contributed by atoms with Gasteiger partial charge < -0.3 is 15.4 Å². The summed E-state index contributed by atoms with van der Waals surface area (Å²) in [6.07, 6.45) is 2.71. The first kappa shape index (κ1) is 28.1. The fourth-order valence-corrected chi connectivity index (χ4v) is 7.32. The van der Waals surface area contributed by atoms with E-state index in [0.29, 0.717) is 26.4 Å². The number of amides is 2. The van der Waals surface area contributed by atoms with Crippen LogP contribution >= 0.6 is 34.4 Å². The molecule has 1 aliphatic rings. The Morgan fingerprint density at radius 1 is 1.18 bits per heavy atom. The van der Waals surface area contributed by atoms with E-state index >= 15 is 0 Å². The quantitative estimate of drug-likeness (QED) is 0.186. The lowest BCUT2D eigenvalue weighted by molar-refractivity contribution is -0.115. The molecule has 40 heavy (non-hydrogen) atoms.